The number of hydrogen-bond acceptors (Lipinski definition) is 6. The van der Waals surface area contributed by atoms with E-state index in [-0.39, 0.29) is 5.91 Å². The molecular weight excluding hydrogens is 478 g/mol. The van der Waals surface area contributed by atoms with E-state index in [4.69, 9.17) is 25.5 Å². The molecule has 0 saturated carbocycles. The van der Waals surface area contributed by atoms with Crippen LogP contribution in [0.1, 0.15) is 10.4 Å². The van der Waals surface area contributed by atoms with Gasteiger partial charge in [0.1, 0.15) is 11.5 Å². The Morgan fingerprint density at radius 3 is 2.47 bits per heavy atom. The number of ether oxygens (including phenoxy) is 2. The summed E-state index contributed by atoms with van der Waals surface area (Å²) in [6.07, 6.45) is 1.64. The number of piperazine rings is 1. The number of nitrogens with zero attached hydrogens (tertiary/aromatic N) is 3. The molecule has 0 bridgehead atoms. The number of benzene rings is 3. The number of anilines is 1. The van der Waals surface area contributed by atoms with Crippen molar-refractivity contribution in [3.63, 3.8) is 0 Å². The SMILES string of the molecule is COc1ccc(-c2cnc(-c3ccccc3C(=O)N3CCN(c4cccc(Cl)c4)CC3)o2)c(OC)c1. The summed E-state index contributed by atoms with van der Waals surface area (Å²) in [5.41, 5.74) is 3.02. The zero-order chi connectivity index (χ0) is 25.1. The van der Waals surface area contributed by atoms with Gasteiger partial charge in [-0.3, -0.25) is 4.79 Å². The second-order valence-electron chi connectivity index (χ2n) is 8.40. The van der Waals surface area contributed by atoms with E-state index >= 15 is 0 Å². The molecule has 2 heterocycles. The van der Waals surface area contributed by atoms with Crippen molar-refractivity contribution in [1.29, 1.82) is 0 Å². The van der Waals surface area contributed by atoms with E-state index < -0.39 is 0 Å². The number of carbonyl (C=O) groups excluding carboxylic acids is 1. The van der Waals surface area contributed by atoms with E-state index in [0.717, 1.165) is 24.3 Å². The lowest BCUT2D eigenvalue weighted by Gasteiger charge is -2.36. The zero-order valence-electron chi connectivity index (χ0n) is 20.1. The Labute approximate surface area is 214 Å². The van der Waals surface area contributed by atoms with Crippen LogP contribution in [0.5, 0.6) is 11.5 Å². The van der Waals surface area contributed by atoms with Gasteiger partial charge in [-0.2, -0.15) is 0 Å². The predicted octanol–water partition coefficient (Wildman–Crippen LogP) is 5.64. The maximum atomic E-state index is 13.5. The average Bonchev–Trinajstić information content (AvgIpc) is 3.42. The summed E-state index contributed by atoms with van der Waals surface area (Å²) in [6, 6.07) is 20.7. The smallest absolute Gasteiger partial charge is 0.254 e. The Morgan fingerprint density at radius 2 is 1.72 bits per heavy atom. The van der Waals surface area contributed by atoms with Gasteiger partial charge in [0.25, 0.3) is 5.91 Å². The van der Waals surface area contributed by atoms with Crippen LogP contribution in [-0.4, -0.2) is 56.2 Å². The second kappa shape index (κ2) is 10.3. The Hall–Kier alpha value is -3.97. The fourth-order valence-electron chi connectivity index (χ4n) is 4.39. The van der Waals surface area contributed by atoms with Crippen molar-refractivity contribution in [2.24, 2.45) is 0 Å². The van der Waals surface area contributed by atoms with Crippen molar-refractivity contribution in [3.8, 4) is 34.3 Å². The minimum atomic E-state index is -0.0434. The monoisotopic (exact) mass is 503 g/mol. The highest BCUT2D eigenvalue weighted by Crippen LogP contribution is 2.36. The summed E-state index contributed by atoms with van der Waals surface area (Å²) < 4.78 is 16.9. The first-order valence-electron chi connectivity index (χ1n) is 11.6. The maximum Gasteiger partial charge on any atom is 0.254 e. The molecule has 184 valence electrons. The van der Waals surface area contributed by atoms with Gasteiger partial charge in [0, 0.05) is 48.5 Å². The van der Waals surface area contributed by atoms with E-state index in [1.807, 2.05) is 65.6 Å². The molecule has 8 heteroatoms. The summed E-state index contributed by atoms with van der Waals surface area (Å²) in [4.78, 5) is 22.1. The average molecular weight is 504 g/mol. The van der Waals surface area contributed by atoms with Crippen LogP contribution in [0.4, 0.5) is 5.69 Å². The van der Waals surface area contributed by atoms with Crippen LogP contribution in [0, 0.1) is 0 Å². The van der Waals surface area contributed by atoms with Crippen molar-refractivity contribution in [1.82, 2.24) is 9.88 Å². The maximum absolute atomic E-state index is 13.5. The third kappa shape index (κ3) is 4.75. The number of aromatic nitrogens is 1. The Balaban J connectivity index is 1.36. The third-order valence-corrected chi connectivity index (χ3v) is 6.54. The van der Waals surface area contributed by atoms with E-state index in [9.17, 15) is 4.79 Å². The lowest BCUT2D eigenvalue weighted by molar-refractivity contribution is 0.0747. The highest BCUT2D eigenvalue weighted by molar-refractivity contribution is 6.30. The van der Waals surface area contributed by atoms with Crippen LogP contribution < -0.4 is 14.4 Å². The highest BCUT2D eigenvalue weighted by Gasteiger charge is 2.26. The summed E-state index contributed by atoms with van der Waals surface area (Å²) >= 11 is 6.15. The topological polar surface area (TPSA) is 68.0 Å². The Kier molecular flexibility index (Phi) is 6.82. The van der Waals surface area contributed by atoms with Crippen molar-refractivity contribution in [2.45, 2.75) is 0 Å². The van der Waals surface area contributed by atoms with E-state index in [2.05, 4.69) is 9.88 Å². The molecule has 0 radical (unpaired) electrons. The molecule has 0 N–H and O–H groups in total. The van der Waals surface area contributed by atoms with Crippen molar-refractivity contribution < 1.29 is 18.7 Å². The van der Waals surface area contributed by atoms with Gasteiger partial charge in [0.15, 0.2) is 5.76 Å². The number of oxazole rings is 1. The molecular formula is C28H26ClN3O4. The Bertz CT molecular complexity index is 1380. The van der Waals surface area contributed by atoms with Crippen LogP contribution in [-0.2, 0) is 0 Å². The Morgan fingerprint density at radius 1 is 0.917 bits per heavy atom. The van der Waals surface area contributed by atoms with Crippen LogP contribution in [0.15, 0.2) is 77.3 Å². The lowest BCUT2D eigenvalue weighted by atomic mass is 10.1. The van der Waals surface area contributed by atoms with Gasteiger partial charge < -0.3 is 23.7 Å². The van der Waals surface area contributed by atoms with Gasteiger partial charge in [0.2, 0.25) is 5.89 Å². The minimum Gasteiger partial charge on any atom is -0.497 e. The summed E-state index contributed by atoms with van der Waals surface area (Å²) in [6.45, 7) is 2.68. The number of methoxy groups -OCH3 is 2. The molecule has 0 unspecified atom stereocenters. The molecule has 3 aromatic carbocycles. The van der Waals surface area contributed by atoms with E-state index in [0.29, 0.717) is 52.4 Å². The zero-order valence-corrected chi connectivity index (χ0v) is 20.9. The van der Waals surface area contributed by atoms with Gasteiger partial charge in [-0.15, -0.1) is 0 Å². The first-order chi connectivity index (χ1) is 17.6. The summed E-state index contributed by atoms with van der Waals surface area (Å²) in [5.74, 6) is 2.17. The lowest BCUT2D eigenvalue weighted by Crippen LogP contribution is -2.48. The predicted molar refractivity (Wildman–Crippen MR) is 140 cm³/mol. The van der Waals surface area contributed by atoms with E-state index in [1.165, 1.54) is 0 Å². The molecule has 1 saturated heterocycles. The van der Waals surface area contributed by atoms with Gasteiger partial charge in [-0.1, -0.05) is 29.8 Å². The fraction of sp³-hybridized carbons (Fsp3) is 0.214. The van der Waals surface area contributed by atoms with Gasteiger partial charge in [-0.05, 0) is 42.5 Å². The fourth-order valence-corrected chi connectivity index (χ4v) is 4.58. The normalized spacial score (nSPS) is 13.5. The van der Waals surface area contributed by atoms with Gasteiger partial charge >= 0.3 is 0 Å². The number of carbonyl (C=O) groups is 1. The molecule has 4 aromatic rings. The van der Waals surface area contributed by atoms with Crippen LogP contribution >= 0.6 is 11.6 Å². The minimum absolute atomic E-state index is 0.0434. The number of halogens is 1. The van der Waals surface area contributed by atoms with Crippen LogP contribution in [0.2, 0.25) is 5.02 Å². The molecule has 36 heavy (non-hydrogen) atoms. The second-order valence-corrected chi connectivity index (χ2v) is 8.84. The van der Waals surface area contributed by atoms with Crippen molar-refractivity contribution in [3.05, 3.63) is 83.5 Å². The first-order valence-corrected chi connectivity index (χ1v) is 12.0. The largest absolute Gasteiger partial charge is 0.497 e. The van der Waals surface area contributed by atoms with Gasteiger partial charge in [0.05, 0.1) is 31.5 Å². The first kappa shape index (κ1) is 23.8. The standard InChI is InChI=1S/C28H26ClN3O4/c1-34-21-10-11-24(25(17-21)35-2)26-18-30-27(36-26)22-8-3-4-9-23(22)28(33)32-14-12-31(13-15-32)20-7-5-6-19(29)16-20/h3-11,16-18H,12-15H2,1-2H3. The molecule has 1 amide bonds. The van der Waals surface area contributed by atoms with Crippen LogP contribution in [0.3, 0.4) is 0 Å². The molecule has 7 nitrogen and oxygen atoms in total. The number of hydrogen-bond donors (Lipinski definition) is 0. The number of rotatable bonds is 6. The molecule has 1 aliphatic rings. The molecule has 1 aliphatic heterocycles. The molecule has 0 atom stereocenters. The van der Waals surface area contributed by atoms with Crippen molar-refractivity contribution >= 4 is 23.2 Å². The third-order valence-electron chi connectivity index (χ3n) is 6.31. The highest BCUT2D eigenvalue weighted by atomic mass is 35.5. The van der Waals surface area contributed by atoms with Gasteiger partial charge in [-0.25, -0.2) is 4.98 Å². The van der Waals surface area contributed by atoms with E-state index in [1.54, 1.807) is 26.5 Å². The summed E-state index contributed by atoms with van der Waals surface area (Å²) in [5, 5.41) is 0.706. The molecule has 5 rings (SSSR count). The molecule has 1 fully saturated rings. The summed E-state index contributed by atoms with van der Waals surface area (Å²) in [7, 11) is 3.20. The molecule has 1 aromatic heterocycles. The van der Waals surface area contributed by atoms with Crippen molar-refractivity contribution in [2.75, 3.05) is 45.3 Å². The number of amides is 1. The quantitative estimate of drug-likeness (QED) is 0.339. The molecule has 0 aliphatic carbocycles. The molecule has 0 spiro atoms. The van der Waals surface area contributed by atoms with Crippen LogP contribution in [0.25, 0.3) is 22.8 Å².